The molecule has 1 atom stereocenters. The van der Waals surface area contributed by atoms with Gasteiger partial charge in [-0.3, -0.25) is 4.79 Å². The molecule has 5 heteroatoms. The van der Waals surface area contributed by atoms with Crippen molar-refractivity contribution in [1.82, 2.24) is 5.32 Å². The highest BCUT2D eigenvalue weighted by Crippen LogP contribution is 2.20. The summed E-state index contributed by atoms with van der Waals surface area (Å²) in [6.07, 6.45) is 4.08. The molecule has 0 spiro atoms. The lowest BCUT2D eigenvalue weighted by Gasteiger charge is -2.15. The first-order valence-electron chi connectivity index (χ1n) is 6.16. The maximum Gasteiger partial charge on any atom is 0.241 e. The molecule has 0 saturated carbocycles. The van der Waals surface area contributed by atoms with Crippen LogP contribution in [0.1, 0.15) is 25.7 Å². The summed E-state index contributed by atoms with van der Waals surface area (Å²) in [5.74, 6) is -0.579. The van der Waals surface area contributed by atoms with Gasteiger partial charge in [-0.15, -0.1) is 0 Å². The van der Waals surface area contributed by atoms with Gasteiger partial charge in [-0.25, -0.2) is 4.39 Å². The van der Waals surface area contributed by atoms with E-state index in [1.165, 1.54) is 6.07 Å². The minimum absolute atomic E-state index is 0.155. The molecule has 0 aromatic heterocycles. The van der Waals surface area contributed by atoms with Crippen molar-refractivity contribution < 1.29 is 9.18 Å². The smallest absolute Gasteiger partial charge is 0.241 e. The number of carbonyl (C=O) groups excluding carboxylic acids is 1. The maximum atomic E-state index is 13.6. The standard InChI is InChI=1S/C13H16BrFN2O/c14-9-5-6-11(10(15)8-9)17-13(18)12-4-2-1-3-7-16-12/h5-6,8,12,16H,1-4,7H2,(H,17,18). The first kappa shape index (κ1) is 13.5. The van der Waals surface area contributed by atoms with E-state index >= 15 is 0 Å². The lowest BCUT2D eigenvalue weighted by atomic mass is 10.1. The molecule has 1 fully saturated rings. The van der Waals surface area contributed by atoms with Crippen molar-refractivity contribution in [2.45, 2.75) is 31.7 Å². The third-order valence-corrected chi connectivity index (χ3v) is 3.56. The molecule has 2 rings (SSSR count). The summed E-state index contributed by atoms with van der Waals surface area (Å²) >= 11 is 3.18. The molecule has 1 aromatic carbocycles. The fourth-order valence-electron chi connectivity index (χ4n) is 2.06. The normalized spacial score (nSPS) is 20.2. The molecule has 18 heavy (non-hydrogen) atoms. The third-order valence-electron chi connectivity index (χ3n) is 3.07. The first-order valence-corrected chi connectivity index (χ1v) is 6.95. The Morgan fingerprint density at radius 1 is 1.39 bits per heavy atom. The molecule has 0 aliphatic carbocycles. The van der Waals surface area contributed by atoms with Gasteiger partial charge in [0.2, 0.25) is 5.91 Å². The largest absolute Gasteiger partial charge is 0.322 e. The van der Waals surface area contributed by atoms with E-state index in [1.807, 2.05) is 0 Å². The zero-order valence-electron chi connectivity index (χ0n) is 10.0. The Bertz CT molecular complexity index is 431. The Hall–Kier alpha value is -0.940. The number of amides is 1. The van der Waals surface area contributed by atoms with Crippen LogP contribution in [0.3, 0.4) is 0 Å². The highest BCUT2D eigenvalue weighted by molar-refractivity contribution is 9.10. The zero-order valence-corrected chi connectivity index (χ0v) is 11.6. The van der Waals surface area contributed by atoms with E-state index in [-0.39, 0.29) is 17.6 Å². The lowest BCUT2D eigenvalue weighted by Crippen LogP contribution is -2.40. The van der Waals surface area contributed by atoms with Gasteiger partial charge in [-0.2, -0.15) is 0 Å². The Labute approximate surface area is 114 Å². The summed E-state index contributed by atoms with van der Waals surface area (Å²) in [7, 11) is 0. The van der Waals surface area contributed by atoms with Crippen LogP contribution in [0.4, 0.5) is 10.1 Å². The van der Waals surface area contributed by atoms with Crippen molar-refractivity contribution in [3.8, 4) is 0 Å². The number of rotatable bonds is 2. The Balaban J connectivity index is 2.01. The molecule has 0 bridgehead atoms. The van der Waals surface area contributed by atoms with Crippen molar-refractivity contribution in [2.24, 2.45) is 0 Å². The van der Waals surface area contributed by atoms with Crippen LogP contribution in [-0.4, -0.2) is 18.5 Å². The fraction of sp³-hybridized carbons (Fsp3) is 0.462. The van der Waals surface area contributed by atoms with Crippen molar-refractivity contribution >= 4 is 27.5 Å². The second kappa shape index (κ2) is 6.29. The summed E-state index contributed by atoms with van der Waals surface area (Å²) in [4.78, 5) is 12.0. The number of nitrogens with one attached hydrogen (secondary N) is 2. The van der Waals surface area contributed by atoms with E-state index < -0.39 is 5.82 Å². The highest BCUT2D eigenvalue weighted by atomic mass is 79.9. The van der Waals surface area contributed by atoms with Crippen LogP contribution in [-0.2, 0) is 4.79 Å². The number of hydrogen-bond donors (Lipinski definition) is 2. The molecule has 0 radical (unpaired) electrons. The van der Waals surface area contributed by atoms with E-state index in [2.05, 4.69) is 26.6 Å². The number of benzene rings is 1. The van der Waals surface area contributed by atoms with Gasteiger partial charge in [0.1, 0.15) is 5.82 Å². The molecular weight excluding hydrogens is 299 g/mol. The molecule has 98 valence electrons. The molecule has 1 unspecified atom stereocenters. The molecule has 1 amide bonds. The zero-order chi connectivity index (χ0) is 13.0. The third kappa shape index (κ3) is 3.53. The number of hydrogen-bond acceptors (Lipinski definition) is 2. The minimum atomic E-state index is -0.425. The van der Waals surface area contributed by atoms with Gasteiger partial charge < -0.3 is 10.6 Å². The Morgan fingerprint density at radius 2 is 2.22 bits per heavy atom. The highest BCUT2D eigenvalue weighted by Gasteiger charge is 2.20. The van der Waals surface area contributed by atoms with E-state index in [9.17, 15) is 9.18 Å². The fourth-order valence-corrected chi connectivity index (χ4v) is 2.40. The van der Waals surface area contributed by atoms with Crippen LogP contribution in [0, 0.1) is 5.82 Å². The van der Waals surface area contributed by atoms with Crippen molar-refractivity contribution in [3.05, 3.63) is 28.5 Å². The molecule has 1 aromatic rings. The SMILES string of the molecule is O=C(Nc1ccc(Br)cc1F)C1CCCCCN1. The minimum Gasteiger partial charge on any atom is -0.322 e. The monoisotopic (exact) mass is 314 g/mol. The maximum absolute atomic E-state index is 13.6. The average molecular weight is 315 g/mol. The summed E-state index contributed by atoms with van der Waals surface area (Å²) in [5.41, 5.74) is 0.231. The first-order chi connectivity index (χ1) is 8.66. The molecule has 1 saturated heterocycles. The number of anilines is 1. The summed E-state index contributed by atoms with van der Waals surface area (Å²) in [5, 5.41) is 5.83. The molecule has 3 nitrogen and oxygen atoms in total. The van der Waals surface area contributed by atoms with Crippen molar-refractivity contribution in [1.29, 1.82) is 0 Å². The molecular formula is C13H16BrFN2O. The number of halogens is 2. The average Bonchev–Trinajstić information content (AvgIpc) is 2.61. The van der Waals surface area contributed by atoms with E-state index in [0.29, 0.717) is 4.47 Å². The molecule has 2 N–H and O–H groups in total. The summed E-state index contributed by atoms with van der Waals surface area (Å²) < 4.78 is 14.3. The van der Waals surface area contributed by atoms with Gasteiger partial charge >= 0.3 is 0 Å². The Kier molecular flexibility index (Phi) is 4.72. The van der Waals surface area contributed by atoms with E-state index in [4.69, 9.17) is 0 Å². The van der Waals surface area contributed by atoms with Crippen molar-refractivity contribution in [2.75, 3.05) is 11.9 Å². The van der Waals surface area contributed by atoms with E-state index in [1.54, 1.807) is 12.1 Å². The lowest BCUT2D eigenvalue weighted by molar-refractivity contribution is -0.118. The van der Waals surface area contributed by atoms with Crippen LogP contribution in [0.2, 0.25) is 0 Å². The molecule has 1 heterocycles. The van der Waals surface area contributed by atoms with Gasteiger partial charge in [0.25, 0.3) is 0 Å². The second-order valence-corrected chi connectivity index (χ2v) is 5.39. The topological polar surface area (TPSA) is 41.1 Å². The Morgan fingerprint density at radius 3 is 3.00 bits per heavy atom. The van der Waals surface area contributed by atoms with Crippen LogP contribution >= 0.6 is 15.9 Å². The predicted molar refractivity (Wildman–Crippen MR) is 73.0 cm³/mol. The van der Waals surface area contributed by atoms with Crippen LogP contribution in [0.25, 0.3) is 0 Å². The van der Waals surface area contributed by atoms with Crippen molar-refractivity contribution in [3.63, 3.8) is 0 Å². The summed E-state index contributed by atoms with van der Waals surface area (Å²) in [6.45, 7) is 0.848. The quantitative estimate of drug-likeness (QED) is 0.881. The molecule has 1 aliphatic heterocycles. The molecule has 1 aliphatic rings. The van der Waals surface area contributed by atoms with Gasteiger partial charge in [0.15, 0.2) is 0 Å². The van der Waals surface area contributed by atoms with Gasteiger partial charge in [-0.05, 0) is 37.6 Å². The number of carbonyl (C=O) groups is 1. The van der Waals surface area contributed by atoms with Gasteiger partial charge in [0, 0.05) is 4.47 Å². The summed E-state index contributed by atoms with van der Waals surface area (Å²) in [6, 6.07) is 4.40. The predicted octanol–water partition coefficient (Wildman–Crippen LogP) is 3.06. The van der Waals surface area contributed by atoms with Crippen LogP contribution in [0.5, 0.6) is 0 Å². The van der Waals surface area contributed by atoms with E-state index in [0.717, 1.165) is 32.2 Å². The van der Waals surface area contributed by atoms with Crippen LogP contribution in [0.15, 0.2) is 22.7 Å². The van der Waals surface area contributed by atoms with Crippen LogP contribution < -0.4 is 10.6 Å². The van der Waals surface area contributed by atoms with Gasteiger partial charge in [0.05, 0.1) is 11.7 Å². The second-order valence-electron chi connectivity index (χ2n) is 4.47. The van der Waals surface area contributed by atoms with Gasteiger partial charge in [-0.1, -0.05) is 28.8 Å².